The predicted octanol–water partition coefficient (Wildman–Crippen LogP) is 4.81. The molecule has 0 aromatic heterocycles. The summed E-state index contributed by atoms with van der Waals surface area (Å²) in [5.74, 6) is -3.54. The summed E-state index contributed by atoms with van der Waals surface area (Å²) >= 11 is 10.1. The molecule has 0 fully saturated rings. The quantitative estimate of drug-likeness (QED) is 0.436. The summed E-state index contributed by atoms with van der Waals surface area (Å²) in [6.45, 7) is 0. The molecule has 0 bridgehead atoms. The molecule has 1 aromatic rings. The minimum absolute atomic E-state index is 0.0116. The summed E-state index contributed by atoms with van der Waals surface area (Å²) < 4.78 is 51.8. The SMILES string of the molecule is O=C(O)c1cc(CCCCC(Cl)C(F)(F)Cl)c(F)cc1F. The Morgan fingerprint density at radius 1 is 1.24 bits per heavy atom. The molecule has 1 aromatic carbocycles. The second-order valence-electron chi connectivity index (χ2n) is 4.48. The van der Waals surface area contributed by atoms with Crippen LogP contribution >= 0.6 is 23.2 Å². The van der Waals surface area contributed by atoms with Crippen LogP contribution in [0.3, 0.4) is 0 Å². The molecule has 8 heteroatoms. The summed E-state index contributed by atoms with van der Waals surface area (Å²) in [4.78, 5) is 10.7. The van der Waals surface area contributed by atoms with Crippen LogP contribution < -0.4 is 0 Å². The highest BCUT2D eigenvalue weighted by Crippen LogP contribution is 2.31. The molecule has 1 unspecified atom stereocenters. The number of carboxylic acid groups (broad SMARTS) is 1. The van der Waals surface area contributed by atoms with E-state index >= 15 is 0 Å². The van der Waals surface area contributed by atoms with Crippen LogP contribution in [0.15, 0.2) is 12.1 Å². The molecule has 0 amide bonds. The summed E-state index contributed by atoms with van der Waals surface area (Å²) in [6.07, 6.45) is 0.546. The van der Waals surface area contributed by atoms with Crippen LogP contribution in [-0.2, 0) is 6.42 Å². The first kappa shape index (κ1) is 18.0. The molecule has 0 aliphatic heterocycles. The molecule has 0 saturated carbocycles. The fourth-order valence-electron chi connectivity index (χ4n) is 1.75. The Balaban J connectivity index is 2.60. The number of unbranched alkanes of at least 4 members (excludes halogenated alkanes) is 1. The first-order valence-electron chi connectivity index (χ1n) is 6.05. The van der Waals surface area contributed by atoms with Gasteiger partial charge in [-0.2, -0.15) is 8.78 Å². The number of halogens is 6. The molecule has 118 valence electrons. The molecule has 0 saturated heterocycles. The number of aromatic carboxylic acids is 1. The highest BCUT2D eigenvalue weighted by Gasteiger charge is 2.34. The van der Waals surface area contributed by atoms with Gasteiger partial charge in [-0.1, -0.05) is 6.42 Å². The van der Waals surface area contributed by atoms with Gasteiger partial charge >= 0.3 is 11.4 Å². The van der Waals surface area contributed by atoms with Crippen LogP contribution in [0.4, 0.5) is 17.6 Å². The molecular formula is C13H12Cl2F4O2. The second-order valence-corrected chi connectivity index (χ2v) is 5.51. The summed E-state index contributed by atoms with van der Waals surface area (Å²) in [5.41, 5.74) is -0.619. The van der Waals surface area contributed by atoms with Crippen LogP contribution in [0.2, 0.25) is 0 Å². The number of hydrogen-bond donors (Lipinski definition) is 1. The molecule has 1 N–H and O–H groups in total. The molecule has 1 atom stereocenters. The van der Waals surface area contributed by atoms with Crippen LogP contribution in [0.5, 0.6) is 0 Å². The predicted molar refractivity (Wildman–Crippen MR) is 71.3 cm³/mol. The van der Waals surface area contributed by atoms with Crippen molar-refractivity contribution in [2.45, 2.75) is 36.4 Å². The van der Waals surface area contributed by atoms with Crippen molar-refractivity contribution in [1.82, 2.24) is 0 Å². The topological polar surface area (TPSA) is 37.3 Å². The lowest BCUT2D eigenvalue weighted by Gasteiger charge is -2.14. The number of rotatable bonds is 7. The molecular weight excluding hydrogens is 335 g/mol. The number of hydrogen-bond acceptors (Lipinski definition) is 1. The number of carboxylic acids is 1. The highest BCUT2D eigenvalue weighted by molar-refractivity contribution is 6.30. The lowest BCUT2D eigenvalue weighted by Crippen LogP contribution is -2.21. The van der Waals surface area contributed by atoms with Crippen molar-refractivity contribution >= 4 is 29.2 Å². The fraction of sp³-hybridized carbons (Fsp3) is 0.462. The highest BCUT2D eigenvalue weighted by atomic mass is 35.5. The van der Waals surface area contributed by atoms with E-state index in [9.17, 15) is 22.4 Å². The Bertz CT molecular complexity index is 518. The Hall–Kier alpha value is -1.01. The smallest absolute Gasteiger partial charge is 0.338 e. The van der Waals surface area contributed by atoms with Crippen LogP contribution in [0.1, 0.15) is 35.2 Å². The van der Waals surface area contributed by atoms with E-state index in [4.69, 9.17) is 28.3 Å². The molecule has 0 aliphatic carbocycles. The van der Waals surface area contributed by atoms with Crippen molar-refractivity contribution in [3.8, 4) is 0 Å². The molecule has 0 radical (unpaired) electrons. The van der Waals surface area contributed by atoms with Gasteiger partial charge in [0, 0.05) is 6.07 Å². The molecule has 0 aliphatic rings. The van der Waals surface area contributed by atoms with Crippen LogP contribution in [0, 0.1) is 11.6 Å². The minimum Gasteiger partial charge on any atom is -0.478 e. The van der Waals surface area contributed by atoms with Gasteiger partial charge in [0.1, 0.15) is 17.0 Å². The maximum atomic E-state index is 13.5. The van der Waals surface area contributed by atoms with Gasteiger partial charge in [0.25, 0.3) is 0 Å². The van der Waals surface area contributed by atoms with Crippen molar-refractivity contribution in [2.24, 2.45) is 0 Å². The minimum atomic E-state index is -3.51. The van der Waals surface area contributed by atoms with E-state index < -0.39 is 33.9 Å². The molecule has 1 rings (SSSR count). The van der Waals surface area contributed by atoms with E-state index in [-0.39, 0.29) is 31.2 Å². The summed E-state index contributed by atoms with van der Waals surface area (Å²) in [7, 11) is 0. The van der Waals surface area contributed by atoms with Gasteiger partial charge in [0.05, 0.1) is 5.56 Å². The third-order valence-electron chi connectivity index (χ3n) is 2.88. The van der Waals surface area contributed by atoms with E-state index in [1.165, 1.54) is 0 Å². The van der Waals surface area contributed by atoms with Gasteiger partial charge < -0.3 is 5.11 Å². The summed E-state index contributed by atoms with van der Waals surface area (Å²) in [5, 5.41) is 3.69. The van der Waals surface area contributed by atoms with E-state index in [1.54, 1.807) is 0 Å². The van der Waals surface area contributed by atoms with Gasteiger partial charge in [-0.05, 0) is 42.5 Å². The van der Waals surface area contributed by atoms with Crippen molar-refractivity contribution in [3.05, 3.63) is 34.9 Å². The Morgan fingerprint density at radius 2 is 1.86 bits per heavy atom. The first-order chi connectivity index (χ1) is 9.62. The average molecular weight is 347 g/mol. The lowest BCUT2D eigenvalue weighted by molar-refractivity contribution is 0.0691. The Kier molecular flexibility index (Phi) is 6.28. The van der Waals surface area contributed by atoms with Crippen LogP contribution in [-0.4, -0.2) is 21.8 Å². The zero-order valence-corrected chi connectivity index (χ0v) is 12.2. The molecule has 21 heavy (non-hydrogen) atoms. The van der Waals surface area contributed by atoms with Crippen molar-refractivity contribution in [3.63, 3.8) is 0 Å². The number of alkyl halides is 4. The van der Waals surface area contributed by atoms with E-state index in [1.807, 2.05) is 0 Å². The Labute approximate surface area is 128 Å². The fourth-order valence-corrected chi connectivity index (χ4v) is 2.02. The van der Waals surface area contributed by atoms with E-state index in [0.717, 1.165) is 6.07 Å². The van der Waals surface area contributed by atoms with Gasteiger partial charge in [0.2, 0.25) is 0 Å². The first-order valence-corrected chi connectivity index (χ1v) is 6.86. The van der Waals surface area contributed by atoms with Crippen LogP contribution in [0.25, 0.3) is 0 Å². The molecule has 0 heterocycles. The Morgan fingerprint density at radius 3 is 2.38 bits per heavy atom. The van der Waals surface area contributed by atoms with Crippen molar-refractivity contribution in [2.75, 3.05) is 0 Å². The van der Waals surface area contributed by atoms with Gasteiger partial charge in [-0.3, -0.25) is 0 Å². The number of benzene rings is 1. The number of carbonyl (C=O) groups is 1. The van der Waals surface area contributed by atoms with Crippen molar-refractivity contribution in [1.29, 1.82) is 0 Å². The normalized spacial score (nSPS) is 13.2. The second kappa shape index (κ2) is 7.31. The standard InChI is InChI=1S/C13H12Cl2F4O2/c14-11(13(15,18)19)4-2-1-3-7-5-8(12(20)21)10(17)6-9(7)16/h5-6,11H,1-4H2,(H,20,21). The van der Waals surface area contributed by atoms with E-state index in [0.29, 0.717) is 6.07 Å². The largest absolute Gasteiger partial charge is 0.478 e. The third-order valence-corrected chi connectivity index (χ3v) is 3.74. The van der Waals surface area contributed by atoms with Gasteiger partial charge in [0.15, 0.2) is 0 Å². The third kappa shape index (κ3) is 5.36. The maximum absolute atomic E-state index is 13.5. The maximum Gasteiger partial charge on any atom is 0.338 e. The summed E-state index contributed by atoms with van der Waals surface area (Å²) in [6, 6.07) is 1.40. The zero-order chi connectivity index (χ0) is 16.2. The average Bonchev–Trinajstić information content (AvgIpc) is 2.34. The molecule has 0 spiro atoms. The van der Waals surface area contributed by atoms with Gasteiger partial charge in [-0.25, -0.2) is 13.6 Å². The van der Waals surface area contributed by atoms with E-state index in [2.05, 4.69) is 0 Å². The van der Waals surface area contributed by atoms with Crippen molar-refractivity contribution < 1.29 is 27.5 Å². The number of aryl methyl sites for hydroxylation is 1. The molecule has 2 nitrogen and oxygen atoms in total. The lowest BCUT2D eigenvalue weighted by atomic mass is 10.0. The zero-order valence-electron chi connectivity index (χ0n) is 10.7. The van der Waals surface area contributed by atoms with Gasteiger partial charge in [-0.15, -0.1) is 11.6 Å². The monoisotopic (exact) mass is 346 g/mol.